The third-order valence-corrected chi connectivity index (χ3v) is 6.03. The summed E-state index contributed by atoms with van der Waals surface area (Å²) in [5, 5.41) is 8.69. The Morgan fingerprint density at radius 3 is 2.68 bits per heavy atom. The molecule has 3 aromatic rings. The van der Waals surface area contributed by atoms with Gasteiger partial charge in [-0.15, -0.1) is 10.2 Å². The standard InChI is InChI=1S/C27H34N4O3/c1-18(2)13-21-14-23(29-30-25(21)26-28-24(17-34-26)19(3)4)27(32)31-12-8-11-22(15-31)33-16-20-9-6-5-7-10-20/h5-7,9-10,14,17-19,22H,8,11-13,15-16H2,1-4H3/t22-/m1/s1. The molecule has 1 aliphatic rings. The zero-order chi connectivity index (χ0) is 24.1. The fourth-order valence-corrected chi connectivity index (χ4v) is 4.18. The molecule has 3 heterocycles. The number of amides is 1. The molecular formula is C27H34N4O3. The minimum Gasteiger partial charge on any atom is -0.443 e. The van der Waals surface area contributed by atoms with Gasteiger partial charge in [-0.1, -0.05) is 58.0 Å². The molecule has 0 aliphatic carbocycles. The highest BCUT2D eigenvalue weighted by molar-refractivity contribution is 5.92. The smallest absolute Gasteiger partial charge is 0.274 e. The summed E-state index contributed by atoms with van der Waals surface area (Å²) in [6, 6.07) is 12.0. The first-order chi connectivity index (χ1) is 16.4. The Balaban J connectivity index is 1.49. The molecule has 0 saturated carbocycles. The molecule has 0 N–H and O–H groups in total. The van der Waals surface area contributed by atoms with Crippen LogP contribution in [-0.2, 0) is 17.8 Å². The first kappa shape index (κ1) is 24.1. The molecule has 4 rings (SSSR count). The van der Waals surface area contributed by atoms with E-state index >= 15 is 0 Å². The molecule has 0 bridgehead atoms. The van der Waals surface area contributed by atoms with Gasteiger partial charge < -0.3 is 14.1 Å². The predicted molar refractivity (Wildman–Crippen MR) is 130 cm³/mol. The Kier molecular flexibility index (Phi) is 7.73. The van der Waals surface area contributed by atoms with Crippen molar-refractivity contribution in [1.29, 1.82) is 0 Å². The SMILES string of the molecule is CC(C)Cc1cc(C(=O)N2CCC[C@@H](OCc3ccccc3)C2)nnc1-c1nc(C(C)C)co1. The van der Waals surface area contributed by atoms with Crippen LogP contribution in [0, 0.1) is 5.92 Å². The molecular weight excluding hydrogens is 428 g/mol. The largest absolute Gasteiger partial charge is 0.443 e. The summed E-state index contributed by atoms with van der Waals surface area (Å²) in [5.74, 6) is 0.998. The summed E-state index contributed by atoms with van der Waals surface area (Å²) < 4.78 is 11.8. The number of ether oxygens (including phenoxy) is 1. The van der Waals surface area contributed by atoms with E-state index in [2.05, 4.69) is 55.0 Å². The van der Waals surface area contributed by atoms with Gasteiger partial charge in [0.15, 0.2) is 11.4 Å². The van der Waals surface area contributed by atoms with Crippen LogP contribution < -0.4 is 0 Å². The summed E-state index contributed by atoms with van der Waals surface area (Å²) in [6.07, 6.45) is 4.30. The van der Waals surface area contributed by atoms with Gasteiger partial charge in [-0.05, 0) is 48.3 Å². The van der Waals surface area contributed by atoms with Crippen molar-refractivity contribution in [3.63, 3.8) is 0 Å². The molecule has 7 nitrogen and oxygen atoms in total. The number of carbonyl (C=O) groups excluding carboxylic acids is 1. The number of hydrogen-bond acceptors (Lipinski definition) is 6. The average molecular weight is 463 g/mol. The Morgan fingerprint density at radius 2 is 1.97 bits per heavy atom. The van der Waals surface area contributed by atoms with Crippen LogP contribution in [-0.4, -0.2) is 45.2 Å². The van der Waals surface area contributed by atoms with Crippen molar-refractivity contribution in [3.8, 4) is 11.6 Å². The summed E-state index contributed by atoms with van der Waals surface area (Å²) in [5.41, 5.74) is 3.92. The van der Waals surface area contributed by atoms with Gasteiger partial charge in [-0.3, -0.25) is 4.79 Å². The van der Waals surface area contributed by atoms with Crippen molar-refractivity contribution < 1.29 is 13.9 Å². The van der Waals surface area contributed by atoms with Crippen LogP contribution in [0.25, 0.3) is 11.6 Å². The quantitative estimate of drug-likeness (QED) is 0.453. The lowest BCUT2D eigenvalue weighted by Gasteiger charge is -2.32. The highest BCUT2D eigenvalue weighted by Crippen LogP contribution is 2.26. The third-order valence-electron chi connectivity index (χ3n) is 6.03. The second kappa shape index (κ2) is 10.9. The Labute approximate surface area is 201 Å². The number of aromatic nitrogens is 3. The van der Waals surface area contributed by atoms with E-state index in [4.69, 9.17) is 9.15 Å². The molecule has 1 fully saturated rings. The minimum atomic E-state index is -0.104. The molecule has 1 aromatic carbocycles. The zero-order valence-electron chi connectivity index (χ0n) is 20.5. The van der Waals surface area contributed by atoms with Gasteiger partial charge in [0.05, 0.1) is 18.4 Å². The van der Waals surface area contributed by atoms with E-state index in [1.54, 1.807) is 6.26 Å². The Hall–Kier alpha value is -3.06. The molecule has 1 aliphatic heterocycles. The Morgan fingerprint density at radius 1 is 1.18 bits per heavy atom. The highest BCUT2D eigenvalue weighted by Gasteiger charge is 2.27. The summed E-state index contributed by atoms with van der Waals surface area (Å²) in [6.45, 7) is 10.2. The maximum atomic E-state index is 13.3. The van der Waals surface area contributed by atoms with Crippen molar-refractivity contribution >= 4 is 5.91 Å². The van der Waals surface area contributed by atoms with E-state index in [1.165, 1.54) is 0 Å². The van der Waals surface area contributed by atoms with Crippen LogP contribution in [0.3, 0.4) is 0 Å². The van der Waals surface area contributed by atoms with E-state index in [9.17, 15) is 4.79 Å². The maximum absolute atomic E-state index is 13.3. The Bertz CT molecular complexity index is 1090. The van der Waals surface area contributed by atoms with Crippen LogP contribution in [0.15, 0.2) is 47.1 Å². The van der Waals surface area contributed by atoms with Gasteiger partial charge in [0, 0.05) is 13.1 Å². The first-order valence-electron chi connectivity index (χ1n) is 12.2. The van der Waals surface area contributed by atoms with Crippen molar-refractivity contribution in [2.45, 2.75) is 65.6 Å². The summed E-state index contributed by atoms with van der Waals surface area (Å²) in [7, 11) is 0. The van der Waals surface area contributed by atoms with Crippen molar-refractivity contribution in [3.05, 3.63) is 65.2 Å². The fraction of sp³-hybridized carbons (Fsp3) is 0.481. The van der Waals surface area contributed by atoms with Crippen molar-refractivity contribution in [2.24, 2.45) is 5.92 Å². The van der Waals surface area contributed by atoms with Gasteiger partial charge in [0.1, 0.15) is 6.26 Å². The normalized spacial score (nSPS) is 16.4. The molecule has 0 unspecified atom stereocenters. The van der Waals surface area contributed by atoms with Crippen LogP contribution in [0.1, 0.15) is 73.8 Å². The van der Waals surface area contributed by atoms with Gasteiger partial charge in [0.25, 0.3) is 5.91 Å². The molecule has 7 heteroatoms. The van der Waals surface area contributed by atoms with Crippen molar-refractivity contribution in [1.82, 2.24) is 20.1 Å². The van der Waals surface area contributed by atoms with Crippen LogP contribution in [0.2, 0.25) is 0 Å². The predicted octanol–water partition coefficient (Wildman–Crippen LogP) is 5.27. The molecule has 1 amide bonds. The molecule has 180 valence electrons. The van der Waals surface area contributed by atoms with E-state index < -0.39 is 0 Å². The van der Waals surface area contributed by atoms with E-state index in [0.29, 0.717) is 42.9 Å². The number of oxazole rings is 1. The fourth-order valence-electron chi connectivity index (χ4n) is 4.18. The summed E-state index contributed by atoms with van der Waals surface area (Å²) in [4.78, 5) is 19.8. The summed E-state index contributed by atoms with van der Waals surface area (Å²) >= 11 is 0. The number of likely N-dealkylation sites (tertiary alicyclic amines) is 1. The number of carbonyl (C=O) groups is 1. The lowest BCUT2D eigenvalue weighted by atomic mass is 10.0. The van der Waals surface area contributed by atoms with Crippen LogP contribution in [0.4, 0.5) is 0 Å². The van der Waals surface area contributed by atoms with E-state index in [1.807, 2.05) is 29.2 Å². The lowest BCUT2D eigenvalue weighted by Crippen LogP contribution is -2.43. The highest BCUT2D eigenvalue weighted by atomic mass is 16.5. The number of benzene rings is 1. The van der Waals surface area contributed by atoms with Gasteiger partial charge in [-0.2, -0.15) is 0 Å². The number of hydrogen-bond donors (Lipinski definition) is 0. The molecule has 34 heavy (non-hydrogen) atoms. The van der Waals surface area contributed by atoms with Crippen LogP contribution >= 0.6 is 0 Å². The van der Waals surface area contributed by atoms with E-state index in [-0.39, 0.29) is 17.9 Å². The van der Waals surface area contributed by atoms with Crippen LogP contribution in [0.5, 0.6) is 0 Å². The number of nitrogens with zero attached hydrogens (tertiary/aromatic N) is 4. The molecule has 0 radical (unpaired) electrons. The number of piperidine rings is 1. The lowest BCUT2D eigenvalue weighted by molar-refractivity contribution is -0.00692. The maximum Gasteiger partial charge on any atom is 0.274 e. The molecule has 0 spiro atoms. The van der Waals surface area contributed by atoms with Crippen molar-refractivity contribution in [2.75, 3.05) is 13.1 Å². The molecule has 2 aromatic heterocycles. The van der Waals surface area contributed by atoms with Gasteiger partial charge >= 0.3 is 0 Å². The number of rotatable bonds is 8. The first-order valence-corrected chi connectivity index (χ1v) is 12.2. The zero-order valence-corrected chi connectivity index (χ0v) is 20.5. The van der Waals surface area contributed by atoms with Gasteiger partial charge in [0.2, 0.25) is 5.89 Å². The second-order valence-electron chi connectivity index (χ2n) is 9.75. The van der Waals surface area contributed by atoms with Gasteiger partial charge in [-0.25, -0.2) is 4.98 Å². The van der Waals surface area contributed by atoms with E-state index in [0.717, 1.165) is 36.1 Å². The monoisotopic (exact) mass is 462 g/mol. The molecule has 1 atom stereocenters. The third kappa shape index (κ3) is 5.89. The molecule has 1 saturated heterocycles. The topological polar surface area (TPSA) is 81.4 Å². The average Bonchev–Trinajstić information content (AvgIpc) is 3.33. The minimum absolute atomic E-state index is 0.0158. The second-order valence-corrected chi connectivity index (χ2v) is 9.75.